The van der Waals surface area contributed by atoms with Crippen molar-refractivity contribution in [2.75, 3.05) is 0 Å². The summed E-state index contributed by atoms with van der Waals surface area (Å²) >= 11 is 0. The van der Waals surface area contributed by atoms with Gasteiger partial charge in [-0.2, -0.15) is 0 Å². The van der Waals surface area contributed by atoms with E-state index in [1.807, 2.05) is 0 Å². The monoisotopic (exact) mass is 325 g/mol. The molecule has 0 saturated heterocycles. The third kappa shape index (κ3) is 153. The van der Waals surface area contributed by atoms with E-state index in [1.54, 1.807) is 0 Å². The van der Waals surface area contributed by atoms with Crippen LogP contribution < -0.4 is 0 Å². The van der Waals surface area contributed by atoms with Gasteiger partial charge in [0, 0.05) is 20.1 Å². The summed E-state index contributed by atoms with van der Waals surface area (Å²) < 4.78 is 0. The molecule has 0 unspecified atom stereocenters. The van der Waals surface area contributed by atoms with Gasteiger partial charge in [0.2, 0.25) is 0 Å². The Hall–Kier alpha value is 1.41. The van der Waals surface area contributed by atoms with Crippen LogP contribution in [0.5, 0.6) is 0 Å². The minimum atomic E-state index is 0. The minimum absolute atomic E-state index is 0. The van der Waals surface area contributed by atoms with Crippen molar-refractivity contribution < 1.29 is 53.0 Å². The van der Waals surface area contributed by atoms with E-state index in [0.29, 0.717) is 0 Å². The first-order chi connectivity index (χ1) is 0. The van der Waals surface area contributed by atoms with E-state index in [2.05, 4.69) is 0 Å². The van der Waals surface area contributed by atoms with Crippen molar-refractivity contribution in [2.45, 2.75) is 0 Å². The fourth-order valence-corrected chi connectivity index (χ4v) is 0. The quantitative estimate of drug-likeness (QED) is 0.384. The Morgan fingerprint density at radius 2 is 0.375 bits per heavy atom. The summed E-state index contributed by atoms with van der Waals surface area (Å²) in [4.78, 5) is 0. The third-order valence-corrected chi connectivity index (χ3v) is 0. The van der Waals surface area contributed by atoms with Gasteiger partial charge in [0.25, 0.3) is 0 Å². The summed E-state index contributed by atoms with van der Waals surface area (Å²) in [5.74, 6) is 0. The molecule has 0 fully saturated rings. The standard InChI is InChI=1S/Ir.Na.6H2O.H/h;;6*1H2;. The van der Waals surface area contributed by atoms with Gasteiger partial charge in [0.1, 0.15) is 0 Å². The molecule has 0 aromatic carbocycles. The Morgan fingerprint density at radius 3 is 0.375 bits per heavy atom. The number of hydrogen-bond donors (Lipinski definition) is 0. The molecule has 0 rings (SSSR count). The van der Waals surface area contributed by atoms with Crippen LogP contribution in [0, 0.1) is 0 Å². The normalized spacial score (nSPS) is 0. The van der Waals surface area contributed by atoms with Crippen LogP contribution in [-0.2, 0) is 20.1 Å². The molecule has 0 heterocycles. The van der Waals surface area contributed by atoms with E-state index in [0.717, 1.165) is 0 Å². The second-order valence-electron chi connectivity index (χ2n) is 0. The molecule has 0 aliphatic heterocycles. The molecule has 1 radical (unpaired) electrons. The zero-order valence-corrected chi connectivity index (χ0v) is 5.73. The summed E-state index contributed by atoms with van der Waals surface area (Å²) in [6, 6.07) is 0. The Labute approximate surface area is 82.1 Å². The Kier molecular flexibility index (Phi) is 9730. The number of rotatable bonds is 0. The van der Waals surface area contributed by atoms with Gasteiger partial charge in [0.05, 0.1) is 0 Å². The average Bonchev–Trinajstić information content (AvgIpc) is 0. The number of hydrogen-bond acceptors (Lipinski definition) is 0. The van der Waals surface area contributed by atoms with Gasteiger partial charge in [-0.05, 0) is 0 Å². The van der Waals surface area contributed by atoms with Crippen LogP contribution in [-0.4, -0.2) is 62.4 Å². The van der Waals surface area contributed by atoms with Crippen LogP contribution in [0.4, 0.5) is 0 Å². The first kappa shape index (κ1) is 335. The van der Waals surface area contributed by atoms with E-state index in [4.69, 9.17) is 0 Å². The molecule has 0 aliphatic rings. The first-order valence-corrected chi connectivity index (χ1v) is 0. The molecule has 0 aliphatic carbocycles. The van der Waals surface area contributed by atoms with Crippen molar-refractivity contribution in [2.24, 2.45) is 0 Å². The molecule has 0 bridgehead atoms. The fourth-order valence-electron chi connectivity index (χ4n) is 0. The van der Waals surface area contributed by atoms with Crippen LogP contribution in [0.25, 0.3) is 0 Å². The van der Waals surface area contributed by atoms with Gasteiger partial charge in [-0.25, -0.2) is 0 Å². The molecule has 12 N–H and O–H groups in total. The van der Waals surface area contributed by atoms with Gasteiger partial charge in [-0.15, -0.1) is 0 Å². The van der Waals surface area contributed by atoms with Crippen molar-refractivity contribution in [3.8, 4) is 0 Å². The molecule has 8 heavy (non-hydrogen) atoms. The SMILES string of the molecule is O.O.O.O.O.O.[Ir].[NaH]. The zero-order valence-electron chi connectivity index (χ0n) is 3.33. The molecular weight excluding hydrogens is 311 g/mol. The summed E-state index contributed by atoms with van der Waals surface area (Å²) in [5.41, 5.74) is 0. The zero-order chi connectivity index (χ0) is 0. The van der Waals surface area contributed by atoms with Crippen molar-refractivity contribution in [3.63, 3.8) is 0 Å². The maximum atomic E-state index is 0. The Bertz CT molecular complexity index is 8.49. The van der Waals surface area contributed by atoms with Gasteiger partial charge in [-0.3, -0.25) is 0 Å². The van der Waals surface area contributed by atoms with Crippen molar-refractivity contribution in [3.05, 3.63) is 0 Å². The summed E-state index contributed by atoms with van der Waals surface area (Å²) in [5, 5.41) is 0. The summed E-state index contributed by atoms with van der Waals surface area (Å²) in [6.45, 7) is 0. The molecule has 6 nitrogen and oxygen atoms in total. The van der Waals surface area contributed by atoms with Crippen LogP contribution in [0.2, 0.25) is 0 Å². The summed E-state index contributed by atoms with van der Waals surface area (Å²) in [6.07, 6.45) is 0. The molecule has 0 atom stereocenters. The third-order valence-electron chi connectivity index (χ3n) is 0. The fraction of sp³-hybridized carbons (Fsp3) is 0. The Morgan fingerprint density at radius 1 is 0.375 bits per heavy atom. The predicted octanol–water partition coefficient (Wildman–Crippen LogP) is -5.60. The second-order valence-corrected chi connectivity index (χ2v) is 0. The van der Waals surface area contributed by atoms with Gasteiger partial charge in [0.15, 0.2) is 0 Å². The van der Waals surface area contributed by atoms with Crippen molar-refractivity contribution in [1.29, 1.82) is 0 Å². The molecule has 0 saturated carbocycles. The second kappa shape index (κ2) is 232. The summed E-state index contributed by atoms with van der Waals surface area (Å²) in [7, 11) is 0. The first-order valence-electron chi connectivity index (χ1n) is 0. The molecular formula is H13IrNaO6. The maximum absolute atomic E-state index is 0. The molecule has 0 spiro atoms. The van der Waals surface area contributed by atoms with E-state index >= 15 is 0 Å². The predicted molar refractivity (Wildman–Crippen MR) is 28.8 cm³/mol. The van der Waals surface area contributed by atoms with E-state index in [-0.39, 0.29) is 82.5 Å². The van der Waals surface area contributed by atoms with Crippen LogP contribution in [0.15, 0.2) is 0 Å². The molecule has 59 valence electrons. The van der Waals surface area contributed by atoms with Gasteiger partial charge < -0.3 is 32.9 Å². The molecule has 0 aromatic rings. The van der Waals surface area contributed by atoms with Crippen LogP contribution >= 0.6 is 0 Å². The van der Waals surface area contributed by atoms with E-state index in [9.17, 15) is 0 Å². The van der Waals surface area contributed by atoms with Crippen molar-refractivity contribution >= 4 is 29.6 Å². The van der Waals surface area contributed by atoms with Crippen molar-refractivity contribution in [1.82, 2.24) is 0 Å². The molecule has 0 aromatic heterocycles. The Balaban J connectivity index is 0. The van der Waals surface area contributed by atoms with Crippen LogP contribution in [0.1, 0.15) is 0 Å². The van der Waals surface area contributed by atoms with Gasteiger partial charge in [-0.1, -0.05) is 0 Å². The average molecular weight is 324 g/mol. The molecule has 0 amide bonds. The van der Waals surface area contributed by atoms with E-state index < -0.39 is 0 Å². The van der Waals surface area contributed by atoms with Gasteiger partial charge >= 0.3 is 29.6 Å². The van der Waals surface area contributed by atoms with Crippen LogP contribution in [0.3, 0.4) is 0 Å². The molecule has 8 heteroatoms. The van der Waals surface area contributed by atoms with E-state index in [1.165, 1.54) is 0 Å². The topological polar surface area (TPSA) is 189 Å².